The zero-order valence-corrected chi connectivity index (χ0v) is 39.0. The number of rotatable bonds is 14. The number of halogens is 1. The van der Waals surface area contributed by atoms with Crippen LogP contribution in [0.4, 0.5) is 0 Å². The van der Waals surface area contributed by atoms with Gasteiger partial charge >= 0.3 is 7.12 Å². The lowest BCUT2D eigenvalue weighted by Crippen LogP contribution is -2.66. The summed E-state index contributed by atoms with van der Waals surface area (Å²) < 4.78 is 14.2. The molecule has 4 aromatic carbocycles. The third kappa shape index (κ3) is 9.45. The fourth-order valence-corrected chi connectivity index (χ4v) is 16.0. The van der Waals surface area contributed by atoms with Crippen LogP contribution in [0.15, 0.2) is 126 Å². The highest BCUT2D eigenvalue weighted by molar-refractivity contribution is 6.99. The lowest BCUT2D eigenvalue weighted by Gasteiger charge is -2.46. The number of piperidine rings is 1. The number of hydrogen-bond acceptors (Lipinski definition) is 7. The van der Waals surface area contributed by atoms with E-state index in [0.29, 0.717) is 30.9 Å². The molecule has 0 saturated carbocycles. The molecule has 0 radical (unpaired) electrons. The molecule has 4 aliphatic rings. The van der Waals surface area contributed by atoms with Crippen molar-refractivity contribution in [1.82, 2.24) is 9.80 Å². The van der Waals surface area contributed by atoms with Crippen molar-refractivity contribution in [1.29, 1.82) is 0 Å². The van der Waals surface area contributed by atoms with Crippen LogP contribution in [0.3, 0.4) is 0 Å². The Morgan fingerprint density at radius 3 is 2.13 bits per heavy atom. The summed E-state index contributed by atoms with van der Waals surface area (Å²) in [5.74, 6) is -1.50. The molecule has 4 aromatic rings. The van der Waals surface area contributed by atoms with Gasteiger partial charge in [0.05, 0.1) is 29.6 Å². The van der Waals surface area contributed by atoms with Gasteiger partial charge in [0.15, 0.2) is 0 Å². The number of allylic oxidation sites excluding steroid dienone is 1. The third-order valence-corrected chi connectivity index (χ3v) is 19.3. The number of carbonyl (C=O) groups excluding carboxylic acids is 2. The molecule has 0 aromatic heterocycles. The van der Waals surface area contributed by atoms with E-state index >= 15 is 0 Å². The Morgan fingerprint density at radius 2 is 1.52 bits per heavy atom. The summed E-state index contributed by atoms with van der Waals surface area (Å²) in [5.41, 5.74) is 5.33. The topological polar surface area (TPSA) is 99.5 Å². The highest BCUT2D eigenvalue weighted by Crippen LogP contribution is 2.52. The number of likely N-dealkylation sites (tertiary alicyclic amines) is 2. The molecule has 3 aliphatic heterocycles. The van der Waals surface area contributed by atoms with Gasteiger partial charge in [-0.25, -0.2) is 0 Å². The van der Waals surface area contributed by atoms with E-state index in [0.717, 1.165) is 62.0 Å². The van der Waals surface area contributed by atoms with Crippen molar-refractivity contribution in [3.8, 4) is 5.75 Å². The first-order chi connectivity index (χ1) is 30.4. The van der Waals surface area contributed by atoms with Gasteiger partial charge in [-0.1, -0.05) is 148 Å². The van der Waals surface area contributed by atoms with Gasteiger partial charge < -0.3 is 19.2 Å². The Kier molecular flexibility index (Phi) is 14.0. The molecule has 4 atom stereocenters. The van der Waals surface area contributed by atoms with Crippen LogP contribution in [0.1, 0.15) is 83.8 Å². The summed E-state index contributed by atoms with van der Waals surface area (Å²) in [4.78, 5) is 33.8. The summed E-state index contributed by atoms with van der Waals surface area (Å²) in [6.07, 6.45) is 6.80. The average molecular weight is 885 g/mol. The average Bonchev–Trinajstić information content (AvgIpc) is 3.52. The Balaban J connectivity index is 1.14. The lowest BCUT2D eigenvalue weighted by molar-refractivity contribution is -0.144. The monoisotopic (exact) mass is 884 g/mol. The predicted octanol–water partition coefficient (Wildman–Crippen LogP) is 9.05. The normalized spacial score (nSPS) is 22.7. The summed E-state index contributed by atoms with van der Waals surface area (Å²) >= 11 is 6.58. The molecular formula is C52H62BClN2O6Si. The van der Waals surface area contributed by atoms with Gasteiger partial charge in [0.1, 0.15) is 5.75 Å². The first kappa shape index (κ1) is 45.3. The Hall–Kier alpha value is -4.29. The molecule has 3 heterocycles. The van der Waals surface area contributed by atoms with Crippen LogP contribution >= 0.6 is 11.6 Å². The molecule has 8 nitrogen and oxygen atoms in total. The maximum Gasteiger partial charge on any atom is 0.455 e. The summed E-state index contributed by atoms with van der Waals surface area (Å²) in [6.45, 7) is 11.7. The molecule has 63 heavy (non-hydrogen) atoms. The maximum absolute atomic E-state index is 14.9. The van der Waals surface area contributed by atoms with Crippen molar-refractivity contribution in [2.75, 3.05) is 19.7 Å². The van der Waals surface area contributed by atoms with Gasteiger partial charge in [0.2, 0.25) is 11.8 Å². The smallest absolute Gasteiger partial charge is 0.455 e. The summed E-state index contributed by atoms with van der Waals surface area (Å²) in [6, 6.07) is 36.5. The van der Waals surface area contributed by atoms with Crippen LogP contribution in [-0.2, 0) is 25.2 Å². The standard InChI is InChI=1S/C52H62BClN2O6Si/c1-5-15-36(30-38-23-24-41(57)32-46(38)54)22-25-47-48-39(35-61-63(52(2,3)4,42-18-11-7-12-19-42)43-20-13-8-14-21-43)31-44-49(45(48)33-53(60)62-47)51(59)56(50(44)58)40-26-28-55(29-27-40)34-37-16-9-6-10-17-37/h6-14,16-21,23-24,30,32,40,44-45,47,49,57,60H,5,15,22,25-29,31,33-35H2,1-4H3/b36-30+/t44-,45+,47-,49-/m1/s1. The van der Waals surface area contributed by atoms with Crippen molar-refractivity contribution in [2.24, 2.45) is 17.8 Å². The zero-order chi connectivity index (χ0) is 44.3. The molecule has 1 aliphatic carbocycles. The lowest BCUT2D eigenvalue weighted by atomic mass is 9.58. The number of fused-ring (bicyclic) bond motifs is 3. The Bertz CT molecular complexity index is 2260. The molecule has 2 N–H and O–H groups in total. The molecule has 8 rings (SSSR count). The van der Waals surface area contributed by atoms with E-state index in [1.54, 1.807) is 17.0 Å². The van der Waals surface area contributed by atoms with E-state index in [4.69, 9.17) is 20.7 Å². The largest absolute Gasteiger partial charge is 0.508 e. The fraction of sp³-hybridized carbons (Fsp3) is 0.423. The molecule has 0 bridgehead atoms. The first-order valence-corrected chi connectivity index (χ1v) is 25.3. The maximum atomic E-state index is 14.9. The molecule has 3 fully saturated rings. The van der Waals surface area contributed by atoms with Crippen molar-refractivity contribution >= 4 is 55.3 Å². The van der Waals surface area contributed by atoms with Crippen molar-refractivity contribution in [3.63, 3.8) is 0 Å². The molecule has 0 spiro atoms. The first-order valence-electron chi connectivity index (χ1n) is 23.0. The number of nitrogens with zero attached hydrogens (tertiary/aromatic N) is 2. The van der Waals surface area contributed by atoms with Crippen molar-refractivity contribution in [3.05, 3.63) is 142 Å². The van der Waals surface area contributed by atoms with Gasteiger partial charge in [-0.3, -0.25) is 19.4 Å². The number of benzene rings is 4. The third-order valence-electron chi connectivity index (χ3n) is 14.0. The number of hydrogen-bond donors (Lipinski definition) is 2. The van der Waals surface area contributed by atoms with Gasteiger partial charge in [0.25, 0.3) is 8.32 Å². The van der Waals surface area contributed by atoms with Crippen LogP contribution in [0.25, 0.3) is 6.08 Å². The van der Waals surface area contributed by atoms with Crippen LogP contribution in [-0.4, -0.2) is 79.0 Å². The van der Waals surface area contributed by atoms with Gasteiger partial charge in [0, 0.05) is 25.7 Å². The van der Waals surface area contributed by atoms with E-state index in [1.807, 2.05) is 24.3 Å². The molecule has 3 saturated heterocycles. The highest BCUT2D eigenvalue weighted by Gasteiger charge is 2.59. The van der Waals surface area contributed by atoms with Crippen LogP contribution < -0.4 is 10.4 Å². The van der Waals surface area contributed by atoms with E-state index in [2.05, 4.69) is 111 Å². The second-order valence-corrected chi connectivity index (χ2v) is 23.8. The second kappa shape index (κ2) is 19.4. The molecular weight excluding hydrogens is 823 g/mol. The molecule has 2 amide bonds. The van der Waals surface area contributed by atoms with Gasteiger partial charge in [-0.05, 0) is 107 Å². The SMILES string of the molecule is CCC/C(=C\c1ccc(O)cc1Cl)CC[C@H]1OB(O)C[C@H]2C1=C(CO[Si](c1ccccc1)(c1ccccc1)C(C)(C)C)C[C@H]1C(=O)N(C3CCN(Cc4ccccc4)CC3)C(=O)[C@H]12. The number of phenolic OH excluding ortho intramolecular Hbond substituents is 1. The number of carbonyl (C=O) groups is 2. The minimum atomic E-state index is -3.00. The van der Waals surface area contributed by atoms with Gasteiger partial charge in [-0.15, -0.1) is 0 Å². The number of phenols is 1. The second-order valence-electron chi connectivity index (χ2n) is 19.1. The molecule has 11 heteroatoms. The Morgan fingerprint density at radius 1 is 0.889 bits per heavy atom. The predicted molar refractivity (Wildman–Crippen MR) is 255 cm³/mol. The number of amides is 2. The summed E-state index contributed by atoms with van der Waals surface area (Å²) in [5, 5.41) is 24.1. The van der Waals surface area contributed by atoms with E-state index in [-0.39, 0.29) is 40.9 Å². The summed E-state index contributed by atoms with van der Waals surface area (Å²) in [7, 11) is -4.07. The zero-order valence-electron chi connectivity index (χ0n) is 37.2. The van der Waals surface area contributed by atoms with Crippen molar-refractivity contribution in [2.45, 2.75) is 103 Å². The molecule has 0 unspecified atom stereocenters. The van der Waals surface area contributed by atoms with E-state index < -0.39 is 33.4 Å². The quantitative estimate of drug-likeness (QED) is 0.0741. The molecule has 330 valence electrons. The fourth-order valence-electron chi connectivity index (χ4n) is 11.2. The van der Waals surface area contributed by atoms with Crippen LogP contribution in [0.2, 0.25) is 16.4 Å². The number of imide groups is 1. The van der Waals surface area contributed by atoms with E-state index in [1.165, 1.54) is 21.5 Å². The van der Waals surface area contributed by atoms with Gasteiger partial charge in [-0.2, -0.15) is 0 Å². The Labute approximate surface area is 380 Å². The number of aromatic hydroxyl groups is 1. The minimum absolute atomic E-state index is 0.0787. The van der Waals surface area contributed by atoms with Crippen LogP contribution in [0.5, 0.6) is 5.75 Å². The van der Waals surface area contributed by atoms with Crippen LogP contribution in [0, 0.1) is 17.8 Å². The van der Waals surface area contributed by atoms with Crippen molar-refractivity contribution < 1.29 is 28.8 Å². The minimum Gasteiger partial charge on any atom is -0.508 e. The van der Waals surface area contributed by atoms with E-state index in [9.17, 15) is 19.7 Å². The highest BCUT2D eigenvalue weighted by atomic mass is 35.5.